The summed E-state index contributed by atoms with van der Waals surface area (Å²) in [5, 5.41) is 3.19. The van der Waals surface area contributed by atoms with E-state index in [2.05, 4.69) is 23.4 Å². The monoisotopic (exact) mass is 349 g/mol. The third kappa shape index (κ3) is 3.34. The molecule has 0 bridgehead atoms. The Morgan fingerprint density at radius 3 is 2.96 bits per heavy atom. The van der Waals surface area contributed by atoms with E-state index in [0.717, 1.165) is 30.1 Å². The van der Waals surface area contributed by atoms with E-state index in [1.807, 2.05) is 30.1 Å². The van der Waals surface area contributed by atoms with Crippen molar-refractivity contribution in [2.75, 3.05) is 6.54 Å². The van der Waals surface area contributed by atoms with Gasteiger partial charge in [-0.2, -0.15) is 0 Å². The molecule has 0 aliphatic carbocycles. The van der Waals surface area contributed by atoms with E-state index in [1.54, 1.807) is 11.3 Å². The van der Waals surface area contributed by atoms with Gasteiger partial charge in [-0.1, -0.05) is 20.3 Å². The van der Waals surface area contributed by atoms with Crippen molar-refractivity contribution in [2.45, 2.75) is 46.2 Å². The lowest BCUT2D eigenvalue weighted by atomic mass is 9.98. The van der Waals surface area contributed by atoms with Gasteiger partial charge in [-0.25, -0.2) is 4.98 Å². The molecule has 3 heterocycles. The molecule has 0 radical (unpaired) electrons. The first kappa shape index (κ1) is 16.6. The summed E-state index contributed by atoms with van der Waals surface area (Å²) in [4.78, 5) is 21.7. The average molecular weight is 350 g/mol. The summed E-state index contributed by atoms with van der Waals surface area (Å²) in [6.45, 7) is 7.60. The van der Waals surface area contributed by atoms with Gasteiger partial charge in [0.2, 0.25) is 5.91 Å². The zero-order valence-electron chi connectivity index (χ0n) is 13.8. The molecule has 2 aromatic rings. The normalized spacial score (nSPS) is 17.0. The van der Waals surface area contributed by atoms with E-state index in [1.165, 1.54) is 15.3 Å². The number of aromatic nitrogens is 1. The number of hydrogen-bond acceptors (Lipinski definition) is 5. The van der Waals surface area contributed by atoms with Crippen LogP contribution >= 0.6 is 22.7 Å². The molecule has 6 heteroatoms. The largest absolute Gasteiger partial charge is 0.337 e. The lowest BCUT2D eigenvalue weighted by Gasteiger charge is -2.31. The number of carbonyl (C=O) groups is 1. The van der Waals surface area contributed by atoms with Crippen molar-refractivity contribution in [2.24, 2.45) is 11.7 Å². The molecule has 23 heavy (non-hydrogen) atoms. The van der Waals surface area contributed by atoms with Crippen LogP contribution in [0.4, 0.5) is 0 Å². The van der Waals surface area contributed by atoms with Gasteiger partial charge in [-0.15, -0.1) is 22.7 Å². The van der Waals surface area contributed by atoms with Crippen LogP contribution in [0.5, 0.6) is 0 Å². The molecule has 0 aromatic carbocycles. The second-order valence-corrected chi connectivity index (χ2v) is 8.43. The summed E-state index contributed by atoms with van der Waals surface area (Å²) >= 11 is 3.48. The zero-order valence-corrected chi connectivity index (χ0v) is 15.5. The number of fused-ring (bicyclic) bond motifs is 1. The molecule has 1 aliphatic rings. The minimum absolute atomic E-state index is 0.0854. The van der Waals surface area contributed by atoms with Crippen molar-refractivity contribution in [3.8, 4) is 10.6 Å². The fourth-order valence-corrected chi connectivity index (χ4v) is 4.64. The Morgan fingerprint density at radius 1 is 1.52 bits per heavy atom. The molecule has 0 spiro atoms. The Hall–Kier alpha value is -1.24. The van der Waals surface area contributed by atoms with Crippen LogP contribution < -0.4 is 5.73 Å². The van der Waals surface area contributed by atoms with Gasteiger partial charge in [-0.3, -0.25) is 4.79 Å². The van der Waals surface area contributed by atoms with E-state index in [9.17, 15) is 4.79 Å². The highest BCUT2D eigenvalue weighted by molar-refractivity contribution is 7.16. The Balaban J connectivity index is 1.76. The summed E-state index contributed by atoms with van der Waals surface area (Å²) in [5.41, 5.74) is 8.44. The third-order valence-corrected chi connectivity index (χ3v) is 6.63. The molecule has 124 valence electrons. The van der Waals surface area contributed by atoms with Crippen LogP contribution in [0.3, 0.4) is 0 Å². The maximum absolute atomic E-state index is 12.6. The van der Waals surface area contributed by atoms with Crippen LogP contribution in [0.2, 0.25) is 0 Å². The van der Waals surface area contributed by atoms with Gasteiger partial charge >= 0.3 is 0 Å². The lowest BCUT2D eigenvalue weighted by molar-refractivity contribution is -0.134. The van der Waals surface area contributed by atoms with Crippen molar-refractivity contribution in [3.05, 3.63) is 26.9 Å². The van der Waals surface area contributed by atoms with Crippen molar-refractivity contribution in [3.63, 3.8) is 0 Å². The minimum Gasteiger partial charge on any atom is -0.337 e. The quantitative estimate of drug-likeness (QED) is 0.920. The van der Waals surface area contributed by atoms with Crippen LogP contribution in [-0.2, 0) is 17.8 Å². The van der Waals surface area contributed by atoms with Gasteiger partial charge in [0.1, 0.15) is 0 Å². The topological polar surface area (TPSA) is 59.2 Å². The number of hydrogen-bond donors (Lipinski definition) is 1. The Kier molecular flexibility index (Phi) is 4.85. The number of nitrogens with zero attached hydrogens (tertiary/aromatic N) is 2. The molecule has 2 unspecified atom stereocenters. The smallest absolute Gasteiger partial charge is 0.240 e. The first-order chi connectivity index (χ1) is 11.0. The van der Waals surface area contributed by atoms with Crippen LogP contribution in [0.1, 0.15) is 35.7 Å². The van der Waals surface area contributed by atoms with Gasteiger partial charge in [0, 0.05) is 23.3 Å². The molecule has 0 fully saturated rings. The highest BCUT2D eigenvalue weighted by Gasteiger charge is 2.28. The maximum Gasteiger partial charge on any atom is 0.240 e. The summed E-state index contributed by atoms with van der Waals surface area (Å²) in [6.07, 6.45) is 1.85. The highest BCUT2D eigenvalue weighted by Crippen LogP contribution is 2.35. The zero-order chi connectivity index (χ0) is 16.6. The fourth-order valence-electron chi connectivity index (χ4n) is 2.83. The van der Waals surface area contributed by atoms with Gasteiger partial charge in [-0.05, 0) is 30.9 Å². The maximum atomic E-state index is 12.6. The average Bonchev–Trinajstić information content (AvgIpc) is 3.17. The number of rotatable bonds is 4. The molecule has 0 saturated heterocycles. The number of thiophene rings is 1. The number of aryl methyl sites for hydroxylation is 1. The SMILES string of the molecule is CCC(C)C(N)C(=O)N1CCc2sc(-c3csc(C)n3)cc2C1. The molecular weight excluding hydrogens is 326 g/mol. The van der Waals surface area contributed by atoms with Crippen LogP contribution in [-0.4, -0.2) is 28.4 Å². The van der Waals surface area contributed by atoms with Crippen molar-refractivity contribution < 1.29 is 4.79 Å². The van der Waals surface area contributed by atoms with E-state index in [-0.39, 0.29) is 17.9 Å². The molecular formula is C17H23N3OS2. The number of amides is 1. The Morgan fingerprint density at radius 2 is 2.30 bits per heavy atom. The number of thiazole rings is 1. The molecule has 1 amide bonds. The summed E-state index contributed by atoms with van der Waals surface area (Å²) in [6, 6.07) is 1.81. The van der Waals surface area contributed by atoms with Crippen molar-refractivity contribution in [1.82, 2.24) is 9.88 Å². The number of carbonyl (C=O) groups excluding carboxylic acids is 1. The predicted octanol–water partition coefficient (Wildman–Crippen LogP) is 3.44. The van der Waals surface area contributed by atoms with Crippen molar-refractivity contribution in [1.29, 1.82) is 0 Å². The molecule has 4 nitrogen and oxygen atoms in total. The second kappa shape index (κ2) is 6.71. The van der Waals surface area contributed by atoms with Crippen LogP contribution in [0.15, 0.2) is 11.4 Å². The Bertz CT molecular complexity index is 707. The fraction of sp³-hybridized carbons (Fsp3) is 0.529. The predicted molar refractivity (Wildman–Crippen MR) is 96.7 cm³/mol. The Labute approximate surface area is 145 Å². The standard InChI is InChI=1S/C17H23N3OS2/c1-4-10(2)16(18)17(21)20-6-5-14-12(8-20)7-15(23-14)13-9-22-11(3)19-13/h7,9-10,16H,4-6,8,18H2,1-3H3. The van der Waals surface area contributed by atoms with E-state index >= 15 is 0 Å². The van der Waals surface area contributed by atoms with Crippen LogP contribution in [0.25, 0.3) is 10.6 Å². The van der Waals surface area contributed by atoms with E-state index < -0.39 is 0 Å². The first-order valence-electron chi connectivity index (χ1n) is 8.08. The highest BCUT2D eigenvalue weighted by atomic mass is 32.1. The number of nitrogens with two attached hydrogens (primary N) is 1. The molecule has 2 N–H and O–H groups in total. The van der Waals surface area contributed by atoms with Gasteiger partial charge in [0.15, 0.2) is 0 Å². The van der Waals surface area contributed by atoms with Gasteiger partial charge < -0.3 is 10.6 Å². The molecule has 3 rings (SSSR count). The third-order valence-electron chi connectivity index (χ3n) is 4.59. The lowest BCUT2D eigenvalue weighted by Crippen LogP contribution is -2.48. The molecule has 2 atom stereocenters. The first-order valence-corrected chi connectivity index (χ1v) is 9.77. The second-order valence-electron chi connectivity index (χ2n) is 6.23. The van der Waals surface area contributed by atoms with Gasteiger partial charge in [0.25, 0.3) is 0 Å². The molecule has 0 saturated carbocycles. The minimum atomic E-state index is -0.388. The van der Waals surface area contributed by atoms with E-state index in [0.29, 0.717) is 6.54 Å². The van der Waals surface area contributed by atoms with E-state index in [4.69, 9.17) is 5.73 Å². The van der Waals surface area contributed by atoms with Crippen molar-refractivity contribution >= 4 is 28.6 Å². The summed E-state index contributed by atoms with van der Waals surface area (Å²) in [7, 11) is 0. The van der Waals surface area contributed by atoms with Gasteiger partial charge in [0.05, 0.1) is 21.6 Å². The molecule has 1 aliphatic heterocycles. The molecule has 2 aromatic heterocycles. The summed E-state index contributed by atoms with van der Waals surface area (Å²) < 4.78 is 0. The van der Waals surface area contributed by atoms with Crippen LogP contribution in [0, 0.1) is 12.8 Å². The summed E-state index contributed by atoms with van der Waals surface area (Å²) in [5.74, 6) is 0.308.